The van der Waals surface area contributed by atoms with E-state index in [0.29, 0.717) is 5.75 Å². The van der Waals surface area contributed by atoms with Gasteiger partial charge in [-0.2, -0.15) is 0 Å². The largest absolute Gasteiger partial charge is 0.507 e. The lowest BCUT2D eigenvalue weighted by Gasteiger charge is -2.40. The molecule has 0 saturated heterocycles. The van der Waals surface area contributed by atoms with Crippen LogP contribution in [0.25, 0.3) is 0 Å². The van der Waals surface area contributed by atoms with E-state index in [-0.39, 0.29) is 5.54 Å². The summed E-state index contributed by atoms with van der Waals surface area (Å²) in [6.07, 6.45) is 0. The van der Waals surface area contributed by atoms with Crippen LogP contribution in [0.4, 0.5) is 17.1 Å². The van der Waals surface area contributed by atoms with Crippen molar-refractivity contribution in [2.45, 2.75) is 47.1 Å². The van der Waals surface area contributed by atoms with Gasteiger partial charge in [-0.05, 0) is 100 Å². The van der Waals surface area contributed by atoms with Crippen LogP contribution in [-0.4, -0.2) is 12.2 Å². The summed E-state index contributed by atoms with van der Waals surface area (Å²) in [6, 6.07) is 18.6. The topological polar surface area (TPSA) is 35.5 Å². The predicted octanol–water partition coefficient (Wildman–Crippen LogP) is 6.74. The molecule has 0 unspecified atom stereocenters. The molecule has 3 aromatic rings. The maximum atomic E-state index is 11.0. The maximum Gasteiger partial charge on any atom is 0.124 e. The smallest absolute Gasteiger partial charge is 0.124 e. The van der Waals surface area contributed by atoms with E-state index in [0.717, 1.165) is 33.8 Å². The zero-order chi connectivity index (χ0) is 21.3. The van der Waals surface area contributed by atoms with Crippen LogP contribution in [0.5, 0.6) is 5.75 Å². The Morgan fingerprint density at radius 2 is 1.24 bits per heavy atom. The van der Waals surface area contributed by atoms with Gasteiger partial charge in [-0.15, -0.1) is 0 Å². The molecule has 0 amide bonds. The highest BCUT2D eigenvalue weighted by molar-refractivity contribution is 5.65. The molecule has 0 heterocycles. The molecule has 0 aromatic heterocycles. The van der Waals surface area contributed by atoms with E-state index in [1.807, 2.05) is 25.1 Å². The Hall–Kier alpha value is -2.94. The second-order valence-electron chi connectivity index (χ2n) is 8.38. The van der Waals surface area contributed by atoms with Crippen LogP contribution in [0.1, 0.15) is 41.7 Å². The third-order valence-corrected chi connectivity index (χ3v) is 6.42. The summed E-state index contributed by atoms with van der Waals surface area (Å²) in [6.45, 7) is 12.7. The van der Waals surface area contributed by atoms with Crippen molar-refractivity contribution >= 4 is 17.1 Å². The van der Waals surface area contributed by atoms with Crippen LogP contribution < -0.4 is 10.2 Å². The molecule has 29 heavy (non-hydrogen) atoms. The van der Waals surface area contributed by atoms with Crippen LogP contribution in [0.2, 0.25) is 0 Å². The van der Waals surface area contributed by atoms with Crippen LogP contribution in [0.15, 0.2) is 54.6 Å². The number of anilines is 3. The zero-order valence-electron chi connectivity index (χ0n) is 18.6. The van der Waals surface area contributed by atoms with Gasteiger partial charge in [-0.3, -0.25) is 0 Å². The van der Waals surface area contributed by atoms with E-state index < -0.39 is 0 Å². The molecule has 3 rings (SSSR count). The fourth-order valence-electron chi connectivity index (χ4n) is 3.99. The van der Waals surface area contributed by atoms with Gasteiger partial charge >= 0.3 is 0 Å². The van der Waals surface area contributed by atoms with Crippen molar-refractivity contribution in [2.24, 2.45) is 0 Å². The number of aromatic hydroxyl groups is 1. The fraction of sp³-hybridized carbons (Fsp3) is 0.308. The van der Waals surface area contributed by atoms with E-state index >= 15 is 0 Å². The van der Waals surface area contributed by atoms with Crippen LogP contribution in [0.3, 0.4) is 0 Å². The lowest BCUT2D eigenvalue weighted by atomic mass is 9.82. The molecule has 0 atom stereocenters. The normalized spacial score (nSPS) is 11.4. The van der Waals surface area contributed by atoms with Crippen molar-refractivity contribution in [3.8, 4) is 5.75 Å². The van der Waals surface area contributed by atoms with E-state index in [9.17, 15) is 5.11 Å². The predicted molar refractivity (Wildman–Crippen MR) is 125 cm³/mol. The summed E-state index contributed by atoms with van der Waals surface area (Å²) < 4.78 is 0. The van der Waals surface area contributed by atoms with Gasteiger partial charge in [-0.1, -0.05) is 18.2 Å². The number of phenolic OH excluding ortho intramolecular Hbond substituents is 1. The molecule has 0 aliphatic rings. The van der Waals surface area contributed by atoms with Crippen molar-refractivity contribution < 1.29 is 5.11 Å². The van der Waals surface area contributed by atoms with E-state index in [1.54, 1.807) is 0 Å². The van der Waals surface area contributed by atoms with Crippen molar-refractivity contribution in [3.05, 3.63) is 82.4 Å². The number of nitrogens with one attached hydrogen (secondary N) is 1. The highest BCUT2D eigenvalue weighted by Gasteiger charge is 2.32. The van der Waals surface area contributed by atoms with Crippen molar-refractivity contribution in [1.29, 1.82) is 0 Å². The quantitative estimate of drug-likeness (QED) is 0.508. The lowest BCUT2D eigenvalue weighted by molar-refractivity contribution is 0.425. The molecule has 0 saturated carbocycles. The molecular weight excluding hydrogens is 356 g/mol. The highest BCUT2D eigenvalue weighted by atomic mass is 16.3. The Bertz CT molecular complexity index is 976. The van der Waals surface area contributed by atoms with Gasteiger partial charge in [0.1, 0.15) is 5.75 Å². The van der Waals surface area contributed by atoms with E-state index in [4.69, 9.17) is 0 Å². The van der Waals surface area contributed by atoms with Gasteiger partial charge in [0, 0.05) is 29.7 Å². The van der Waals surface area contributed by atoms with Crippen LogP contribution >= 0.6 is 0 Å². The summed E-state index contributed by atoms with van der Waals surface area (Å²) in [5.74, 6) is 0.407. The van der Waals surface area contributed by atoms with E-state index in [2.05, 4.69) is 88.3 Å². The minimum absolute atomic E-state index is 0.369. The van der Waals surface area contributed by atoms with E-state index in [1.165, 1.54) is 11.1 Å². The first-order valence-corrected chi connectivity index (χ1v) is 10.1. The number of rotatable bonds is 5. The maximum absolute atomic E-state index is 11.0. The molecule has 3 aromatic carbocycles. The number of para-hydroxylation sites is 1. The highest BCUT2D eigenvalue weighted by Crippen LogP contribution is 2.42. The first kappa shape index (κ1) is 20.8. The zero-order valence-corrected chi connectivity index (χ0v) is 18.6. The average molecular weight is 389 g/mol. The number of hydrogen-bond donors (Lipinski definition) is 2. The van der Waals surface area contributed by atoms with Gasteiger partial charge in [0.05, 0.1) is 5.54 Å². The van der Waals surface area contributed by atoms with Crippen LogP contribution in [-0.2, 0) is 5.54 Å². The minimum atomic E-state index is -0.369. The first-order valence-electron chi connectivity index (χ1n) is 10.1. The summed E-state index contributed by atoms with van der Waals surface area (Å²) >= 11 is 0. The molecule has 0 aliphatic carbocycles. The van der Waals surface area contributed by atoms with Gasteiger partial charge < -0.3 is 15.3 Å². The molecule has 0 aliphatic heterocycles. The number of nitrogens with zero attached hydrogens (tertiary/aromatic N) is 1. The van der Waals surface area contributed by atoms with Gasteiger partial charge in [-0.25, -0.2) is 0 Å². The number of benzene rings is 3. The minimum Gasteiger partial charge on any atom is -0.507 e. The molecule has 0 radical (unpaired) electrons. The Labute approximate surface area is 175 Å². The summed E-state index contributed by atoms with van der Waals surface area (Å²) in [5, 5.41) is 14.4. The van der Waals surface area contributed by atoms with Crippen molar-refractivity contribution in [3.63, 3.8) is 0 Å². The Morgan fingerprint density at radius 1 is 0.724 bits per heavy atom. The third kappa shape index (κ3) is 3.82. The summed E-state index contributed by atoms with van der Waals surface area (Å²) in [4.78, 5) is 2.23. The Balaban J connectivity index is 1.93. The molecule has 0 bridgehead atoms. The monoisotopic (exact) mass is 388 g/mol. The SMILES string of the molecule is Cc1c(C)c(C)c(C(C)(C)N(C)c2ccc(Nc3ccccc3)cc2)c(O)c1C. The molecular formula is C26H32N2O. The van der Waals surface area contributed by atoms with Gasteiger partial charge in [0.25, 0.3) is 0 Å². The lowest BCUT2D eigenvalue weighted by Crippen LogP contribution is -2.39. The second-order valence-corrected chi connectivity index (χ2v) is 8.38. The van der Waals surface area contributed by atoms with Gasteiger partial charge in [0.15, 0.2) is 0 Å². The van der Waals surface area contributed by atoms with Crippen molar-refractivity contribution in [2.75, 3.05) is 17.3 Å². The third-order valence-electron chi connectivity index (χ3n) is 6.42. The molecule has 0 spiro atoms. The van der Waals surface area contributed by atoms with Crippen molar-refractivity contribution in [1.82, 2.24) is 0 Å². The molecule has 3 nitrogen and oxygen atoms in total. The standard InChI is InChI=1S/C26H32N2O/c1-17-18(2)20(4)25(29)24(19(17)3)26(5,6)28(7)23-15-13-22(14-16-23)27-21-11-9-8-10-12-21/h8-16,27,29H,1-7H3. The summed E-state index contributed by atoms with van der Waals surface area (Å²) in [7, 11) is 2.09. The first-order chi connectivity index (χ1) is 13.6. The molecule has 152 valence electrons. The number of phenols is 1. The number of hydrogen-bond acceptors (Lipinski definition) is 3. The Morgan fingerprint density at radius 3 is 1.83 bits per heavy atom. The molecule has 2 N–H and O–H groups in total. The summed E-state index contributed by atoms with van der Waals surface area (Å²) in [5.41, 5.74) is 8.38. The second kappa shape index (κ2) is 7.82. The average Bonchev–Trinajstić information content (AvgIpc) is 2.71. The fourth-order valence-corrected chi connectivity index (χ4v) is 3.99. The Kier molecular flexibility index (Phi) is 5.61. The molecule has 0 fully saturated rings. The van der Waals surface area contributed by atoms with Crippen LogP contribution in [0, 0.1) is 27.7 Å². The van der Waals surface area contributed by atoms with Gasteiger partial charge in [0.2, 0.25) is 0 Å². The molecule has 3 heteroatoms.